The highest BCUT2D eigenvalue weighted by atomic mass is 19.1. The average molecular weight is 502 g/mol. The average Bonchev–Trinajstić information content (AvgIpc) is 3.54. The molecule has 37 heavy (non-hydrogen) atoms. The molecule has 0 spiro atoms. The van der Waals surface area contributed by atoms with Crippen molar-refractivity contribution in [3.05, 3.63) is 59.6 Å². The number of rotatable bonds is 6. The zero-order valence-corrected chi connectivity index (χ0v) is 20.6. The van der Waals surface area contributed by atoms with Crippen molar-refractivity contribution in [2.24, 2.45) is 5.92 Å². The highest BCUT2D eigenvalue weighted by Gasteiger charge is 2.24. The maximum atomic E-state index is 13.5. The standard InChI is InChI=1S/C27H28FN7O2/c1-17-26(32-33-35(17)22-8-10-29-11-9-22)20-12-24(37-25(16-36)23-7-6-21(28)14-30-23)27-19(5-4-18-2-3-18)13-31-34(27)15-20/h6-7,12-15,18,22,25,29,36H,2-3,8-11,16H2,1H3. The number of nitrogens with zero attached hydrogens (tertiary/aromatic N) is 6. The Labute approximate surface area is 213 Å². The van der Waals surface area contributed by atoms with Gasteiger partial charge in [0.2, 0.25) is 0 Å². The Bertz CT molecular complexity index is 1470. The number of nitrogens with one attached hydrogen (secondary N) is 1. The number of halogens is 1. The van der Waals surface area contributed by atoms with Gasteiger partial charge in [-0.2, -0.15) is 5.10 Å². The summed E-state index contributed by atoms with van der Waals surface area (Å²) < 4.78 is 23.5. The number of pyridine rings is 2. The second kappa shape index (κ2) is 9.92. The molecule has 190 valence electrons. The van der Waals surface area contributed by atoms with Gasteiger partial charge in [0.05, 0.1) is 42.0 Å². The SMILES string of the molecule is Cc1c(-c2cc(OC(CO)c3ccc(F)cn3)c3c(C#CC4CC4)cnn3c2)nnn1C1CCNCC1. The summed E-state index contributed by atoms with van der Waals surface area (Å²) >= 11 is 0. The Morgan fingerprint density at radius 1 is 1.22 bits per heavy atom. The quantitative estimate of drug-likeness (QED) is 0.391. The van der Waals surface area contributed by atoms with E-state index >= 15 is 0 Å². The highest BCUT2D eigenvalue weighted by molar-refractivity contribution is 5.75. The topological polar surface area (TPSA) is 102 Å². The van der Waals surface area contributed by atoms with Crippen molar-refractivity contribution in [3.8, 4) is 28.8 Å². The van der Waals surface area contributed by atoms with E-state index in [4.69, 9.17) is 4.74 Å². The lowest BCUT2D eigenvalue weighted by molar-refractivity contribution is 0.114. The normalized spacial score (nSPS) is 16.9. The number of aliphatic hydroxyl groups is 1. The van der Waals surface area contributed by atoms with Crippen LogP contribution in [-0.4, -0.2) is 54.4 Å². The Morgan fingerprint density at radius 3 is 2.78 bits per heavy atom. The zero-order valence-electron chi connectivity index (χ0n) is 20.6. The minimum Gasteiger partial charge on any atom is -0.479 e. The molecule has 4 aromatic heterocycles. The van der Waals surface area contributed by atoms with Gasteiger partial charge >= 0.3 is 0 Å². The summed E-state index contributed by atoms with van der Waals surface area (Å²) in [6.45, 7) is 3.61. The molecule has 1 unspecified atom stereocenters. The van der Waals surface area contributed by atoms with Crippen LogP contribution in [0.25, 0.3) is 16.8 Å². The molecule has 2 fully saturated rings. The Morgan fingerprint density at radius 2 is 2.05 bits per heavy atom. The number of piperidine rings is 1. The first-order valence-electron chi connectivity index (χ1n) is 12.7. The predicted octanol–water partition coefficient (Wildman–Crippen LogP) is 3.23. The summed E-state index contributed by atoms with van der Waals surface area (Å²) in [5.74, 6) is 6.99. The lowest BCUT2D eigenvalue weighted by atomic mass is 10.1. The van der Waals surface area contributed by atoms with Gasteiger partial charge < -0.3 is 15.2 Å². The minimum atomic E-state index is -0.801. The number of fused-ring (bicyclic) bond motifs is 1. The van der Waals surface area contributed by atoms with Crippen LogP contribution in [-0.2, 0) is 0 Å². The number of aromatic nitrogens is 6. The summed E-state index contributed by atoms with van der Waals surface area (Å²) in [6.07, 6.45) is 8.18. The van der Waals surface area contributed by atoms with Gasteiger partial charge in [-0.15, -0.1) is 5.10 Å². The van der Waals surface area contributed by atoms with Gasteiger partial charge in [0.15, 0.2) is 6.10 Å². The lowest BCUT2D eigenvalue weighted by Gasteiger charge is -2.23. The molecular weight excluding hydrogens is 473 g/mol. The lowest BCUT2D eigenvalue weighted by Crippen LogP contribution is -2.30. The number of hydrogen-bond acceptors (Lipinski definition) is 7. The predicted molar refractivity (Wildman–Crippen MR) is 134 cm³/mol. The molecule has 0 radical (unpaired) electrons. The third kappa shape index (κ3) is 4.80. The number of ether oxygens (including phenoxy) is 1. The molecule has 0 amide bonds. The molecule has 1 saturated carbocycles. The molecule has 5 heterocycles. The molecule has 1 saturated heterocycles. The van der Waals surface area contributed by atoms with Gasteiger partial charge in [0.1, 0.15) is 22.8 Å². The number of hydrogen-bond donors (Lipinski definition) is 2. The second-order valence-electron chi connectivity index (χ2n) is 9.63. The van der Waals surface area contributed by atoms with E-state index < -0.39 is 11.9 Å². The van der Waals surface area contributed by atoms with E-state index in [9.17, 15) is 9.50 Å². The van der Waals surface area contributed by atoms with E-state index in [1.165, 1.54) is 12.1 Å². The van der Waals surface area contributed by atoms with Crippen molar-refractivity contribution in [1.82, 2.24) is 34.9 Å². The third-order valence-electron chi connectivity index (χ3n) is 6.94. The van der Waals surface area contributed by atoms with Gasteiger partial charge in [0, 0.05) is 17.7 Å². The van der Waals surface area contributed by atoms with Crippen LogP contribution >= 0.6 is 0 Å². The largest absolute Gasteiger partial charge is 0.479 e. The van der Waals surface area contributed by atoms with Crippen LogP contribution in [0.5, 0.6) is 5.75 Å². The van der Waals surface area contributed by atoms with Crippen molar-refractivity contribution < 1.29 is 14.2 Å². The summed E-state index contributed by atoms with van der Waals surface area (Å²) in [6, 6.07) is 5.00. The molecule has 4 aromatic rings. The first-order chi connectivity index (χ1) is 18.1. The van der Waals surface area contributed by atoms with Crippen molar-refractivity contribution >= 4 is 5.52 Å². The Balaban J connectivity index is 1.42. The summed E-state index contributed by atoms with van der Waals surface area (Å²) in [5, 5.41) is 27.1. The van der Waals surface area contributed by atoms with Crippen LogP contribution < -0.4 is 10.1 Å². The van der Waals surface area contributed by atoms with Crippen molar-refractivity contribution in [1.29, 1.82) is 0 Å². The van der Waals surface area contributed by atoms with Crippen LogP contribution in [0.15, 0.2) is 36.8 Å². The van der Waals surface area contributed by atoms with Crippen LogP contribution in [0.2, 0.25) is 0 Å². The molecule has 2 aliphatic rings. The fourth-order valence-corrected chi connectivity index (χ4v) is 4.73. The zero-order chi connectivity index (χ0) is 25.4. The first kappa shape index (κ1) is 23.6. The van der Waals surface area contributed by atoms with Crippen molar-refractivity contribution in [2.75, 3.05) is 19.7 Å². The smallest absolute Gasteiger partial charge is 0.163 e. The van der Waals surface area contributed by atoms with Gasteiger partial charge in [-0.3, -0.25) is 4.98 Å². The molecular formula is C27H28FN7O2. The van der Waals surface area contributed by atoms with Gasteiger partial charge in [-0.05, 0) is 63.9 Å². The fourth-order valence-electron chi connectivity index (χ4n) is 4.73. The van der Waals surface area contributed by atoms with Crippen molar-refractivity contribution in [2.45, 2.75) is 44.8 Å². The van der Waals surface area contributed by atoms with E-state index in [0.717, 1.165) is 67.5 Å². The number of aliphatic hydroxyl groups excluding tert-OH is 1. The summed E-state index contributed by atoms with van der Waals surface area (Å²) in [7, 11) is 0. The second-order valence-corrected chi connectivity index (χ2v) is 9.63. The molecule has 10 heteroatoms. The minimum absolute atomic E-state index is 0.305. The van der Waals surface area contributed by atoms with E-state index in [1.54, 1.807) is 10.7 Å². The van der Waals surface area contributed by atoms with E-state index in [2.05, 4.69) is 37.6 Å². The fraction of sp³-hybridized carbons (Fsp3) is 0.407. The molecule has 1 aliphatic heterocycles. The molecule has 0 aromatic carbocycles. The monoisotopic (exact) mass is 501 g/mol. The van der Waals surface area contributed by atoms with E-state index in [-0.39, 0.29) is 6.61 Å². The van der Waals surface area contributed by atoms with Gasteiger partial charge in [-0.25, -0.2) is 13.6 Å². The molecule has 2 N–H and O–H groups in total. The Kier molecular flexibility index (Phi) is 6.32. The van der Waals surface area contributed by atoms with Gasteiger partial charge in [-0.1, -0.05) is 17.1 Å². The maximum absolute atomic E-state index is 13.5. The first-order valence-corrected chi connectivity index (χ1v) is 12.7. The highest BCUT2D eigenvalue weighted by Crippen LogP contribution is 2.34. The van der Waals surface area contributed by atoms with E-state index in [1.807, 2.05) is 23.9 Å². The van der Waals surface area contributed by atoms with Gasteiger partial charge in [0.25, 0.3) is 0 Å². The van der Waals surface area contributed by atoms with Crippen LogP contribution in [0.1, 0.15) is 54.8 Å². The summed E-state index contributed by atoms with van der Waals surface area (Å²) in [5.41, 5.74) is 4.36. The van der Waals surface area contributed by atoms with E-state index in [0.29, 0.717) is 28.9 Å². The third-order valence-corrected chi connectivity index (χ3v) is 6.94. The van der Waals surface area contributed by atoms with Crippen LogP contribution in [0.4, 0.5) is 4.39 Å². The molecule has 1 atom stereocenters. The van der Waals surface area contributed by atoms with Crippen molar-refractivity contribution in [3.63, 3.8) is 0 Å². The molecule has 0 bridgehead atoms. The Hall–Kier alpha value is -3.81. The van der Waals surface area contributed by atoms with Crippen LogP contribution in [0, 0.1) is 30.5 Å². The summed E-state index contributed by atoms with van der Waals surface area (Å²) in [4.78, 5) is 4.11. The molecule has 9 nitrogen and oxygen atoms in total. The molecule has 1 aliphatic carbocycles. The van der Waals surface area contributed by atoms with Crippen LogP contribution in [0.3, 0.4) is 0 Å². The molecule has 6 rings (SSSR count). The maximum Gasteiger partial charge on any atom is 0.163 e.